The molecule has 0 unspecified atom stereocenters. The van der Waals surface area contributed by atoms with Crippen molar-refractivity contribution >= 4 is 5.91 Å². The Morgan fingerprint density at radius 3 is 2.86 bits per heavy atom. The first kappa shape index (κ1) is 14.8. The molecule has 1 N–H and O–H groups in total. The number of rotatable bonds is 4. The van der Waals surface area contributed by atoms with Crippen LogP contribution in [0.5, 0.6) is 0 Å². The molecule has 0 radical (unpaired) electrons. The smallest absolute Gasteiger partial charge is 0.224 e. The molecule has 1 aromatic heterocycles. The summed E-state index contributed by atoms with van der Waals surface area (Å²) in [4.78, 5) is 16.6. The van der Waals surface area contributed by atoms with Crippen molar-refractivity contribution in [3.63, 3.8) is 0 Å². The monoisotopic (exact) mass is 301 g/mol. The molecule has 3 rings (SSSR count). The summed E-state index contributed by atoms with van der Waals surface area (Å²) < 4.78 is 15.6. The van der Waals surface area contributed by atoms with E-state index < -0.39 is 0 Å². The van der Waals surface area contributed by atoms with Crippen molar-refractivity contribution in [2.45, 2.75) is 38.6 Å². The maximum atomic E-state index is 13.5. The van der Waals surface area contributed by atoms with Crippen LogP contribution in [0.4, 0.5) is 4.39 Å². The van der Waals surface area contributed by atoms with Gasteiger partial charge in [-0.25, -0.2) is 9.37 Å². The zero-order chi connectivity index (χ0) is 15.5. The summed E-state index contributed by atoms with van der Waals surface area (Å²) in [5.74, 6) is 0.338. The van der Waals surface area contributed by atoms with Gasteiger partial charge in [0.2, 0.25) is 5.91 Å². The van der Waals surface area contributed by atoms with Gasteiger partial charge in [-0.3, -0.25) is 4.79 Å². The number of nitrogens with zero attached hydrogens (tertiary/aromatic N) is 2. The standard InChI is InChI=1S/C17H20FN3O/c1-21-15-9-5-4-8-14(15)20-16(21)11-19-17(22)10-12-6-2-3-7-13(12)18/h2-3,6-7H,4-5,8-11H2,1H3,(H,19,22). The lowest BCUT2D eigenvalue weighted by molar-refractivity contribution is -0.120. The van der Waals surface area contributed by atoms with E-state index in [2.05, 4.69) is 14.9 Å². The lowest BCUT2D eigenvalue weighted by Gasteiger charge is -2.11. The highest BCUT2D eigenvalue weighted by Gasteiger charge is 2.18. The lowest BCUT2D eigenvalue weighted by atomic mass is 10.0. The Labute approximate surface area is 129 Å². The maximum absolute atomic E-state index is 13.5. The number of fused-ring (bicyclic) bond motifs is 1. The van der Waals surface area contributed by atoms with Gasteiger partial charge in [-0.15, -0.1) is 0 Å². The average Bonchev–Trinajstić information content (AvgIpc) is 2.84. The van der Waals surface area contributed by atoms with Gasteiger partial charge in [-0.2, -0.15) is 0 Å². The van der Waals surface area contributed by atoms with Crippen molar-refractivity contribution in [1.29, 1.82) is 0 Å². The summed E-state index contributed by atoms with van der Waals surface area (Å²) in [5, 5.41) is 2.84. The number of aromatic nitrogens is 2. The van der Waals surface area contributed by atoms with Crippen LogP contribution in [0, 0.1) is 5.82 Å². The van der Waals surface area contributed by atoms with Crippen LogP contribution >= 0.6 is 0 Å². The second kappa shape index (κ2) is 6.30. The van der Waals surface area contributed by atoms with Crippen molar-refractivity contribution in [2.75, 3.05) is 0 Å². The molecule has 4 nitrogen and oxygen atoms in total. The molecule has 116 valence electrons. The summed E-state index contributed by atoms with van der Waals surface area (Å²) in [6.45, 7) is 0.386. The van der Waals surface area contributed by atoms with Gasteiger partial charge in [0.1, 0.15) is 11.6 Å². The highest BCUT2D eigenvalue weighted by Crippen LogP contribution is 2.21. The van der Waals surface area contributed by atoms with E-state index in [1.807, 2.05) is 7.05 Å². The molecule has 5 heteroatoms. The van der Waals surface area contributed by atoms with Gasteiger partial charge in [-0.1, -0.05) is 18.2 Å². The number of hydrogen-bond donors (Lipinski definition) is 1. The Bertz CT molecular complexity index is 693. The number of imidazole rings is 1. The van der Waals surface area contributed by atoms with E-state index in [1.165, 1.54) is 24.6 Å². The predicted octanol–water partition coefficient (Wildman–Crippen LogP) is 2.30. The van der Waals surface area contributed by atoms with Crippen LogP contribution in [-0.4, -0.2) is 15.5 Å². The van der Waals surface area contributed by atoms with Crippen molar-refractivity contribution in [3.05, 3.63) is 52.9 Å². The van der Waals surface area contributed by atoms with Crippen molar-refractivity contribution in [2.24, 2.45) is 7.05 Å². The third-order valence-corrected chi connectivity index (χ3v) is 4.22. The van der Waals surface area contributed by atoms with Gasteiger partial charge in [0.25, 0.3) is 0 Å². The number of halogens is 1. The number of aryl methyl sites for hydroxylation is 1. The van der Waals surface area contributed by atoms with Gasteiger partial charge in [0.15, 0.2) is 0 Å². The number of amides is 1. The van der Waals surface area contributed by atoms with Crippen LogP contribution in [0.25, 0.3) is 0 Å². The molecule has 2 aromatic rings. The second-order valence-corrected chi connectivity index (χ2v) is 5.73. The van der Waals surface area contributed by atoms with Crippen LogP contribution in [0.2, 0.25) is 0 Å². The Morgan fingerprint density at radius 1 is 1.32 bits per heavy atom. The summed E-state index contributed by atoms with van der Waals surface area (Å²) in [6, 6.07) is 6.36. The number of carbonyl (C=O) groups excluding carboxylic acids is 1. The summed E-state index contributed by atoms with van der Waals surface area (Å²) in [5.41, 5.74) is 2.86. The van der Waals surface area contributed by atoms with Gasteiger partial charge >= 0.3 is 0 Å². The number of hydrogen-bond acceptors (Lipinski definition) is 2. The van der Waals surface area contributed by atoms with Crippen molar-refractivity contribution < 1.29 is 9.18 Å². The lowest BCUT2D eigenvalue weighted by Crippen LogP contribution is -2.26. The fraction of sp³-hybridized carbons (Fsp3) is 0.412. The minimum Gasteiger partial charge on any atom is -0.349 e. The fourth-order valence-electron chi connectivity index (χ4n) is 2.95. The van der Waals surface area contributed by atoms with Crippen LogP contribution in [0.15, 0.2) is 24.3 Å². The highest BCUT2D eigenvalue weighted by atomic mass is 19.1. The van der Waals surface area contributed by atoms with E-state index in [0.717, 1.165) is 24.4 Å². The van der Waals surface area contributed by atoms with Crippen LogP contribution in [0.1, 0.15) is 35.6 Å². The molecule has 1 aliphatic rings. The third kappa shape index (κ3) is 3.03. The zero-order valence-electron chi connectivity index (χ0n) is 12.7. The Kier molecular flexibility index (Phi) is 4.22. The summed E-state index contributed by atoms with van der Waals surface area (Å²) >= 11 is 0. The average molecular weight is 301 g/mol. The number of carbonyl (C=O) groups is 1. The van der Waals surface area contributed by atoms with Gasteiger partial charge in [-0.05, 0) is 37.3 Å². The van der Waals surface area contributed by atoms with Crippen LogP contribution in [-0.2, 0) is 37.6 Å². The quantitative estimate of drug-likeness (QED) is 0.942. The van der Waals surface area contributed by atoms with E-state index in [9.17, 15) is 9.18 Å². The Morgan fingerprint density at radius 2 is 2.09 bits per heavy atom. The first-order valence-corrected chi connectivity index (χ1v) is 7.68. The molecule has 1 amide bonds. The molecule has 1 heterocycles. The molecule has 0 saturated heterocycles. The van der Waals surface area contributed by atoms with E-state index in [-0.39, 0.29) is 18.1 Å². The van der Waals surface area contributed by atoms with Gasteiger partial charge in [0, 0.05) is 12.7 Å². The predicted molar refractivity (Wildman–Crippen MR) is 81.8 cm³/mol. The minimum absolute atomic E-state index is 0.0524. The van der Waals surface area contributed by atoms with E-state index in [1.54, 1.807) is 18.2 Å². The normalized spacial score (nSPS) is 13.7. The second-order valence-electron chi connectivity index (χ2n) is 5.73. The fourth-order valence-corrected chi connectivity index (χ4v) is 2.95. The molecule has 0 bridgehead atoms. The summed E-state index contributed by atoms with van der Waals surface area (Å²) in [6.07, 6.45) is 4.51. The van der Waals surface area contributed by atoms with Crippen molar-refractivity contribution in [1.82, 2.24) is 14.9 Å². The molecule has 22 heavy (non-hydrogen) atoms. The molecule has 1 aromatic carbocycles. The molecular formula is C17H20FN3O. The number of benzene rings is 1. The molecular weight excluding hydrogens is 281 g/mol. The first-order valence-electron chi connectivity index (χ1n) is 7.68. The minimum atomic E-state index is -0.342. The van der Waals surface area contributed by atoms with Crippen LogP contribution in [0.3, 0.4) is 0 Å². The molecule has 1 aliphatic carbocycles. The third-order valence-electron chi connectivity index (χ3n) is 4.22. The Balaban J connectivity index is 1.62. The molecule has 0 saturated carbocycles. The zero-order valence-corrected chi connectivity index (χ0v) is 12.7. The number of nitrogens with one attached hydrogen (secondary N) is 1. The largest absolute Gasteiger partial charge is 0.349 e. The Hall–Kier alpha value is -2.17. The summed E-state index contributed by atoms with van der Waals surface area (Å²) in [7, 11) is 2.00. The van der Waals surface area contributed by atoms with Gasteiger partial charge < -0.3 is 9.88 Å². The van der Waals surface area contributed by atoms with E-state index >= 15 is 0 Å². The molecule has 0 fully saturated rings. The first-order chi connectivity index (χ1) is 10.6. The van der Waals surface area contributed by atoms with E-state index in [4.69, 9.17) is 0 Å². The topological polar surface area (TPSA) is 46.9 Å². The SMILES string of the molecule is Cn1c(CNC(=O)Cc2ccccc2F)nc2c1CCCC2. The molecule has 0 spiro atoms. The van der Waals surface area contributed by atoms with Crippen molar-refractivity contribution in [3.8, 4) is 0 Å². The van der Waals surface area contributed by atoms with E-state index in [0.29, 0.717) is 12.1 Å². The highest BCUT2D eigenvalue weighted by molar-refractivity contribution is 5.78. The van der Waals surface area contributed by atoms with Gasteiger partial charge in [0.05, 0.1) is 18.7 Å². The van der Waals surface area contributed by atoms with Crippen LogP contribution < -0.4 is 5.32 Å². The molecule has 0 aliphatic heterocycles. The maximum Gasteiger partial charge on any atom is 0.224 e. The molecule has 0 atom stereocenters.